The van der Waals surface area contributed by atoms with E-state index >= 15 is 0 Å². The Morgan fingerprint density at radius 3 is 2.57 bits per heavy atom. The normalized spacial score (nSPS) is 9.14. The molecule has 0 bridgehead atoms. The molecule has 0 unspecified atom stereocenters. The average Bonchev–Trinajstić information content (AvgIpc) is 2.16. The van der Waals surface area contributed by atoms with Gasteiger partial charge in [-0.25, -0.2) is 11.4 Å². The van der Waals surface area contributed by atoms with Gasteiger partial charge in [0.25, 0.3) is 0 Å². The van der Waals surface area contributed by atoms with Crippen LogP contribution in [0.5, 0.6) is 0 Å². The molecule has 0 aliphatic carbocycles. The summed E-state index contributed by atoms with van der Waals surface area (Å²) in [5.74, 6) is -0.314. The zero-order chi connectivity index (χ0) is 10.8. The Morgan fingerprint density at radius 2 is 2.00 bits per heavy atom. The molecule has 0 saturated heterocycles. The smallest absolute Gasteiger partial charge is 0.333 e. The third-order valence-electron chi connectivity index (χ3n) is 1.75. The minimum absolute atomic E-state index is 0.314. The standard InChI is InChI=1S/C11H17NO2/c1-10(2)11(13)14-9-7-5-4-6-8-12-3/h1,4-9H2,2H3. The first-order valence-corrected chi connectivity index (χ1v) is 4.84. The summed E-state index contributed by atoms with van der Waals surface area (Å²) in [6.07, 6.45) is 3.86. The van der Waals surface area contributed by atoms with Crippen molar-refractivity contribution in [3.8, 4) is 0 Å². The molecular weight excluding hydrogens is 178 g/mol. The van der Waals surface area contributed by atoms with E-state index in [1.807, 2.05) is 0 Å². The van der Waals surface area contributed by atoms with Crippen molar-refractivity contribution in [1.29, 1.82) is 0 Å². The summed E-state index contributed by atoms with van der Waals surface area (Å²) in [4.78, 5) is 14.2. The number of esters is 1. The molecule has 0 aliphatic heterocycles. The van der Waals surface area contributed by atoms with E-state index < -0.39 is 0 Å². The quantitative estimate of drug-likeness (QED) is 0.270. The van der Waals surface area contributed by atoms with E-state index in [4.69, 9.17) is 11.3 Å². The Hall–Kier alpha value is -1.30. The maximum absolute atomic E-state index is 10.9. The predicted octanol–water partition coefficient (Wildman–Crippen LogP) is 2.59. The number of unbranched alkanes of at least 4 members (excludes halogenated alkanes) is 3. The molecule has 78 valence electrons. The fourth-order valence-electron chi connectivity index (χ4n) is 0.935. The zero-order valence-corrected chi connectivity index (χ0v) is 8.71. The molecule has 0 N–H and O–H groups in total. The second kappa shape index (κ2) is 8.31. The van der Waals surface area contributed by atoms with Crippen LogP contribution in [0.2, 0.25) is 0 Å². The van der Waals surface area contributed by atoms with Gasteiger partial charge in [-0.1, -0.05) is 6.58 Å². The summed E-state index contributed by atoms with van der Waals surface area (Å²) >= 11 is 0. The maximum Gasteiger partial charge on any atom is 0.333 e. The molecule has 0 aromatic rings. The van der Waals surface area contributed by atoms with Gasteiger partial charge in [-0.3, -0.25) is 0 Å². The van der Waals surface area contributed by atoms with Crippen LogP contribution in [-0.4, -0.2) is 19.1 Å². The van der Waals surface area contributed by atoms with E-state index in [0.717, 1.165) is 25.7 Å². The average molecular weight is 195 g/mol. The van der Waals surface area contributed by atoms with Gasteiger partial charge in [-0.05, 0) is 26.2 Å². The molecular formula is C11H17NO2. The molecule has 0 aliphatic rings. The summed E-state index contributed by atoms with van der Waals surface area (Å²) in [5, 5.41) is 0. The van der Waals surface area contributed by atoms with Crippen molar-refractivity contribution >= 4 is 5.97 Å². The molecule has 0 spiro atoms. The lowest BCUT2D eigenvalue weighted by atomic mass is 10.2. The molecule has 0 amide bonds. The van der Waals surface area contributed by atoms with Crippen LogP contribution in [0.25, 0.3) is 4.85 Å². The van der Waals surface area contributed by atoms with Crippen LogP contribution in [0.3, 0.4) is 0 Å². The summed E-state index contributed by atoms with van der Waals surface area (Å²) in [6.45, 7) is 12.8. The highest BCUT2D eigenvalue weighted by Crippen LogP contribution is 2.01. The van der Waals surface area contributed by atoms with E-state index in [2.05, 4.69) is 11.4 Å². The molecule has 0 aromatic carbocycles. The fraction of sp³-hybridized carbons (Fsp3) is 0.636. The third-order valence-corrected chi connectivity index (χ3v) is 1.75. The number of hydrogen-bond donors (Lipinski definition) is 0. The van der Waals surface area contributed by atoms with Gasteiger partial charge in [0.05, 0.1) is 6.61 Å². The van der Waals surface area contributed by atoms with Crippen molar-refractivity contribution in [2.75, 3.05) is 13.2 Å². The van der Waals surface area contributed by atoms with Gasteiger partial charge in [0.15, 0.2) is 0 Å². The van der Waals surface area contributed by atoms with Crippen LogP contribution < -0.4 is 0 Å². The molecule has 3 heteroatoms. The summed E-state index contributed by atoms with van der Waals surface area (Å²) < 4.78 is 4.91. The molecule has 0 aromatic heterocycles. The molecule has 0 fully saturated rings. The van der Waals surface area contributed by atoms with Crippen molar-refractivity contribution in [2.45, 2.75) is 32.6 Å². The number of carbonyl (C=O) groups excluding carboxylic acids is 1. The summed E-state index contributed by atoms with van der Waals surface area (Å²) in [5.41, 5.74) is 0.443. The van der Waals surface area contributed by atoms with Crippen molar-refractivity contribution in [1.82, 2.24) is 0 Å². The van der Waals surface area contributed by atoms with Gasteiger partial charge in [0, 0.05) is 12.0 Å². The maximum atomic E-state index is 10.9. The van der Waals surface area contributed by atoms with Crippen LogP contribution in [0.4, 0.5) is 0 Å². The van der Waals surface area contributed by atoms with Crippen LogP contribution in [0.15, 0.2) is 12.2 Å². The molecule has 3 nitrogen and oxygen atoms in total. The van der Waals surface area contributed by atoms with Gasteiger partial charge < -0.3 is 9.58 Å². The van der Waals surface area contributed by atoms with Crippen molar-refractivity contribution in [3.63, 3.8) is 0 Å². The Bertz CT molecular complexity index is 228. The summed E-state index contributed by atoms with van der Waals surface area (Å²) in [7, 11) is 0. The Kier molecular flexibility index (Phi) is 7.53. The van der Waals surface area contributed by atoms with Gasteiger partial charge in [-0.15, -0.1) is 0 Å². The van der Waals surface area contributed by atoms with Crippen molar-refractivity contribution in [3.05, 3.63) is 23.6 Å². The lowest BCUT2D eigenvalue weighted by Crippen LogP contribution is -2.06. The Labute approximate surface area is 85.6 Å². The van der Waals surface area contributed by atoms with E-state index in [1.54, 1.807) is 6.92 Å². The molecule has 0 heterocycles. The van der Waals surface area contributed by atoms with E-state index in [1.165, 1.54) is 0 Å². The topological polar surface area (TPSA) is 30.7 Å². The second-order valence-electron chi connectivity index (χ2n) is 3.21. The molecule has 0 radical (unpaired) electrons. The lowest BCUT2D eigenvalue weighted by Gasteiger charge is -2.02. The number of carbonyl (C=O) groups is 1. The monoisotopic (exact) mass is 195 g/mol. The first-order valence-electron chi connectivity index (χ1n) is 4.84. The van der Waals surface area contributed by atoms with Gasteiger partial charge in [0.1, 0.15) is 0 Å². The number of hydrogen-bond acceptors (Lipinski definition) is 2. The van der Waals surface area contributed by atoms with E-state index in [0.29, 0.717) is 18.7 Å². The molecule has 0 saturated carbocycles. The highest BCUT2D eigenvalue weighted by Gasteiger charge is 2.01. The fourth-order valence-corrected chi connectivity index (χ4v) is 0.935. The second-order valence-corrected chi connectivity index (χ2v) is 3.21. The van der Waals surface area contributed by atoms with Crippen LogP contribution >= 0.6 is 0 Å². The van der Waals surface area contributed by atoms with Crippen LogP contribution in [0.1, 0.15) is 32.6 Å². The largest absolute Gasteiger partial charge is 0.462 e. The van der Waals surface area contributed by atoms with Gasteiger partial charge >= 0.3 is 5.97 Å². The minimum atomic E-state index is -0.314. The van der Waals surface area contributed by atoms with Gasteiger partial charge in [0.2, 0.25) is 6.54 Å². The number of ether oxygens (including phenoxy) is 1. The first-order chi connectivity index (χ1) is 6.68. The van der Waals surface area contributed by atoms with Crippen molar-refractivity contribution in [2.24, 2.45) is 0 Å². The van der Waals surface area contributed by atoms with Crippen LogP contribution in [-0.2, 0) is 9.53 Å². The summed E-state index contributed by atoms with van der Waals surface area (Å²) in [6, 6.07) is 0. The molecule has 0 rings (SSSR count). The third kappa shape index (κ3) is 7.35. The van der Waals surface area contributed by atoms with E-state index in [9.17, 15) is 4.79 Å². The number of nitrogens with zero attached hydrogens (tertiary/aromatic N) is 1. The predicted molar refractivity (Wildman–Crippen MR) is 55.7 cm³/mol. The Balaban J connectivity index is 3.18. The van der Waals surface area contributed by atoms with Gasteiger partial charge in [-0.2, -0.15) is 0 Å². The van der Waals surface area contributed by atoms with E-state index in [-0.39, 0.29) is 5.97 Å². The lowest BCUT2D eigenvalue weighted by molar-refractivity contribution is -0.139. The first kappa shape index (κ1) is 12.7. The number of rotatable bonds is 7. The highest BCUT2D eigenvalue weighted by molar-refractivity contribution is 5.86. The minimum Gasteiger partial charge on any atom is -0.462 e. The molecule has 14 heavy (non-hydrogen) atoms. The van der Waals surface area contributed by atoms with Crippen molar-refractivity contribution < 1.29 is 9.53 Å². The highest BCUT2D eigenvalue weighted by atomic mass is 16.5. The van der Waals surface area contributed by atoms with Crippen LogP contribution in [0, 0.1) is 6.57 Å². The Morgan fingerprint density at radius 1 is 1.36 bits per heavy atom. The SMILES string of the molecule is [C-]#[N+]CCCCCCOC(=O)C(=C)C. The molecule has 0 atom stereocenters. The zero-order valence-electron chi connectivity index (χ0n) is 8.71.